The van der Waals surface area contributed by atoms with Gasteiger partial charge >= 0.3 is 0 Å². The van der Waals surface area contributed by atoms with Crippen LogP contribution in [0.5, 0.6) is 11.5 Å². The van der Waals surface area contributed by atoms with E-state index in [1.165, 1.54) is 0 Å². The van der Waals surface area contributed by atoms with Crippen LogP contribution in [0.2, 0.25) is 0 Å². The number of aromatic nitrogens is 3. The second-order valence-corrected chi connectivity index (χ2v) is 6.04. The maximum absolute atomic E-state index is 9.39. The van der Waals surface area contributed by atoms with Crippen molar-refractivity contribution >= 4 is 0 Å². The number of aliphatic hydroxyl groups excluding tert-OH is 1. The molecule has 0 spiro atoms. The Bertz CT molecular complexity index is 600. The normalized spacial score (nSPS) is 11.5. The van der Waals surface area contributed by atoms with Gasteiger partial charge in [0.05, 0.1) is 26.0 Å². The highest BCUT2D eigenvalue weighted by Gasteiger charge is 2.24. The fraction of sp³-hybridized carbons (Fsp3) is 0.500. The first kappa shape index (κ1) is 16.3. The Morgan fingerprint density at radius 1 is 1.14 bits per heavy atom. The molecular weight excluding hydrogens is 282 g/mol. The van der Waals surface area contributed by atoms with Crippen molar-refractivity contribution in [2.24, 2.45) is 0 Å². The average Bonchev–Trinajstić information content (AvgIpc) is 2.91. The van der Waals surface area contributed by atoms with Gasteiger partial charge in [0.2, 0.25) is 0 Å². The molecule has 1 heterocycles. The fourth-order valence-corrected chi connectivity index (χ4v) is 2.35. The van der Waals surface area contributed by atoms with Crippen molar-refractivity contribution in [1.82, 2.24) is 15.0 Å². The van der Waals surface area contributed by atoms with E-state index in [1.807, 2.05) is 24.3 Å². The van der Waals surface area contributed by atoms with E-state index >= 15 is 0 Å². The van der Waals surface area contributed by atoms with E-state index in [0.717, 1.165) is 17.2 Å². The first-order chi connectivity index (χ1) is 10.5. The van der Waals surface area contributed by atoms with Gasteiger partial charge in [0.1, 0.15) is 23.8 Å². The van der Waals surface area contributed by atoms with Crippen LogP contribution in [0, 0.1) is 0 Å². The Hall–Kier alpha value is -2.08. The molecule has 0 aliphatic carbocycles. The Morgan fingerprint density at radius 2 is 1.77 bits per heavy atom. The van der Waals surface area contributed by atoms with Gasteiger partial charge in [0, 0.05) is 5.41 Å². The largest absolute Gasteiger partial charge is 0.497 e. The number of aliphatic hydroxyl groups is 1. The van der Waals surface area contributed by atoms with Crippen LogP contribution in [-0.4, -0.2) is 33.8 Å². The lowest BCUT2D eigenvalue weighted by atomic mass is 9.90. The third kappa shape index (κ3) is 3.76. The summed E-state index contributed by atoms with van der Waals surface area (Å²) in [5.41, 5.74) is 1.42. The summed E-state index contributed by atoms with van der Waals surface area (Å²) in [4.78, 5) is 0. The lowest BCUT2D eigenvalue weighted by Gasteiger charge is -2.21. The summed E-state index contributed by atoms with van der Waals surface area (Å²) in [7, 11) is 1.63. The van der Waals surface area contributed by atoms with Crippen molar-refractivity contribution in [3.8, 4) is 11.5 Å². The molecule has 2 rings (SSSR count). The predicted octanol–water partition coefficient (Wildman–Crippen LogP) is 2.16. The van der Waals surface area contributed by atoms with Gasteiger partial charge in [-0.15, -0.1) is 5.10 Å². The maximum Gasteiger partial charge on any atom is 0.119 e. The third-order valence-electron chi connectivity index (χ3n) is 3.30. The van der Waals surface area contributed by atoms with Crippen molar-refractivity contribution in [2.75, 3.05) is 13.7 Å². The molecule has 1 aromatic heterocycles. The molecule has 120 valence electrons. The van der Waals surface area contributed by atoms with Gasteiger partial charge in [-0.25, -0.2) is 4.68 Å². The van der Waals surface area contributed by atoms with Crippen LogP contribution in [0.3, 0.4) is 0 Å². The van der Waals surface area contributed by atoms with Crippen molar-refractivity contribution < 1.29 is 14.6 Å². The Balaban J connectivity index is 2.01. The summed E-state index contributed by atoms with van der Waals surface area (Å²) in [6.45, 7) is 7.17. The molecule has 1 N–H and O–H groups in total. The Morgan fingerprint density at radius 3 is 2.32 bits per heavy atom. The van der Waals surface area contributed by atoms with Gasteiger partial charge in [0.25, 0.3) is 0 Å². The summed E-state index contributed by atoms with van der Waals surface area (Å²) < 4.78 is 12.6. The number of nitrogens with zero attached hydrogens (tertiary/aromatic N) is 3. The second-order valence-electron chi connectivity index (χ2n) is 6.04. The molecule has 0 radical (unpaired) electrons. The minimum Gasteiger partial charge on any atom is -0.497 e. The van der Waals surface area contributed by atoms with Gasteiger partial charge in [-0.3, -0.25) is 0 Å². The molecule has 1 aromatic carbocycles. The summed E-state index contributed by atoms with van der Waals surface area (Å²) in [5.74, 6) is 1.58. The maximum atomic E-state index is 9.39. The van der Waals surface area contributed by atoms with E-state index < -0.39 is 0 Å². The molecule has 0 aliphatic rings. The third-order valence-corrected chi connectivity index (χ3v) is 3.30. The summed E-state index contributed by atoms with van der Waals surface area (Å²) in [6.07, 6.45) is 0. The summed E-state index contributed by atoms with van der Waals surface area (Å²) in [5, 5.41) is 17.5. The quantitative estimate of drug-likeness (QED) is 0.885. The van der Waals surface area contributed by atoms with E-state index in [1.54, 1.807) is 11.8 Å². The average molecular weight is 305 g/mol. The zero-order valence-electron chi connectivity index (χ0n) is 13.5. The number of rotatable bonds is 6. The Kier molecular flexibility index (Phi) is 5.03. The standard InChI is InChI=1S/C16H23N3O3/c1-16(2,3)15-14(11-20)17-18-19(15)9-10-22-13-7-5-12(21-4)6-8-13/h5-8,20H,9-11H2,1-4H3. The van der Waals surface area contributed by atoms with Crippen molar-refractivity contribution in [3.05, 3.63) is 35.7 Å². The number of benzene rings is 1. The Labute approximate surface area is 130 Å². The van der Waals surface area contributed by atoms with Crippen molar-refractivity contribution in [2.45, 2.75) is 39.3 Å². The highest BCUT2D eigenvalue weighted by atomic mass is 16.5. The van der Waals surface area contributed by atoms with Crippen LogP contribution < -0.4 is 9.47 Å². The van der Waals surface area contributed by atoms with Crippen molar-refractivity contribution in [1.29, 1.82) is 0 Å². The van der Waals surface area contributed by atoms with Crippen LogP contribution >= 0.6 is 0 Å². The molecule has 2 aromatic rings. The predicted molar refractivity (Wildman–Crippen MR) is 83.1 cm³/mol. The molecule has 0 amide bonds. The molecule has 0 saturated carbocycles. The summed E-state index contributed by atoms with van der Waals surface area (Å²) in [6, 6.07) is 7.44. The van der Waals surface area contributed by atoms with E-state index in [9.17, 15) is 5.11 Å². The molecule has 0 bridgehead atoms. The number of hydrogen-bond donors (Lipinski definition) is 1. The number of ether oxygens (including phenoxy) is 2. The van der Waals surface area contributed by atoms with Crippen LogP contribution in [0.15, 0.2) is 24.3 Å². The molecule has 6 nitrogen and oxygen atoms in total. The van der Waals surface area contributed by atoms with Gasteiger partial charge in [-0.1, -0.05) is 26.0 Å². The van der Waals surface area contributed by atoms with Gasteiger partial charge < -0.3 is 14.6 Å². The highest BCUT2D eigenvalue weighted by Crippen LogP contribution is 2.24. The molecule has 0 unspecified atom stereocenters. The number of methoxy groups -OCH3 is 1. The minimum absolute atomic E-state index is 0.105. The molecule has 0 aliphatic heterocycles. The molecule has 0 saturated heterocycles. The summed E-state index contributed by atoms with van der Waals surface area (Å²) >= 11 is 0. The first-order valence-electron chi connectivity index (χ1n) is 7.26. The fourth-order valence-electron chi connectivity index (χ4n) is 2.35. The molecule has 22 heavy (non-hydrogen) atoms. The SMILES string of the molecule is COc1ccc(OCCn2nnc(CO)c2C(C)(C)C)cc1. The van der Waals surface area contributed by atoms with Crippen LogP contribution in [0.4, 0.5) is 0 Å². The lowest BCUT2D eigenvalue weighted by Crippen LogP contribution is -2.22. The van der Waals surface area contributed by atoms with Crippen LogP contribution in [0.25, 0.3) is 0 Å². The lowest BCUT2D eigenvalue weighted by molar-refractivity contribution is 0.270. The molecular formula is C16H23N3O3. The second kappa shape index (κ2) is 6.79. The van der Waals surface area contributed by atoms with E-state index in [-0.39, 0.29) is 12.0 Å². The molecule has 0 atom stereocenters. The highest BCUT2D eigenvalue weighted by molar-refractivity contribution is 5.31. The van der Waals surface area contributed by atoms with Gasteiger partial charge in [-0.05, 0) is 24.3 Å². The first-order valence-corrected chi connectivity index (χ1v) is 7.26. The van der Waals surface area contributed by atoms with E-state index in [0.29, 0.717) is 18.8 Å². The van der Waals surface area contributed by atoms with Crippen molar-refractivity contribution in [3.63, 3.8) is 0 Å². The van der Waals surface area contributed by atoms with Gasteiger partial charge in [0.15, 0.2) is 0 Å². The monoisotopic (exact) mass is 305 g/mol. The van der Waals surface area contributed by atoms with E-state index in [2.05, 4.69) is 31.1 Å². The zero-order valence-corrected chi connectivity index (χ0v) is 13.5. The molecule has 0 fully saturated rings. The smallest absolute Gasteiger partial charge is 0.119 e. The topological polar surface area (TPSA) is 69.4 Å². The van der Waals surface area contributed by atoms with Crippen LogP contribution in [0.1, 0.15) is 32.2 Å². The zero-order chi connectivity index (χ0) is 16.2. The molecule has 6 heteroatoms. The van der Waals surface area contributed by atoms with Crippen LogP contribution in [-0.2, 0) is 18.6 Å². The minimum atomic E-state index is -0.137. The van der Waals surface area contributed by atoms with E-state index in [4.69, 9.17) is 9.47 Å². The number of hydrogen-bond acceptors (Lipinski definition) is 5. The van der Waals surface area contributed by atoms with Gasteiger partial charge in [-0.2, -0.15) is 0 Å².